The Balaban J connectivity index is 1.66. The molecule has 0 fully saturated rings. The zero-order valence-electron chi connectivity index (χ0n) is 12.0. The van der Waals surface area contributed by atoms with Crippen molar-refractivity contribution in [3.05, 3.63) is 51.5 Å². The summed E-state index contributed by atoms with van der Waals surface area (Å²) in [7, 11) is 0. The predicted molar refractivity (Wildman–Crippen MR) is 81.3 cm³/mol. The van der Waals surface area contributed by atoms with E-state index in [2.05, 4.69) is 15.8 Å². The van der Waals surface area contributed by atoms with E-state index in [0.717, 1.165) is 17.5 Å². The second-order valence-corrected chi connectivity index (χ2v) is 5.76. The smallest absolute Gasteiger partial charge is 0.281 e. The second-order valence-electron chi connectivity index (χ2n) is 4.91. The summed E-state index contributed by atoms with van der Waals surface area (Å²) in [6.07, 6.45) is 0.0830. The molecule has 0 saturated heterocycles. The standard InChI is InChI=1S/C15H15N3O3S/c1-9-13(22-8-16-9)15(20)18-17-14(19)12-11-5-3-2-4-10(11)6-7-21-12/h2-5,8,12H,6-7H2,1H3,(H,17,19)(H,18,20)/t12-/m1/s1. The van der Waals surface area contributed by atoms with Crippen molar-refractivity contribution in [2.45, 2.75) is 19.4 Å². The van der Waals surface area contributed by atoms with E-state index in [1.165, 1.54) is 11.3 Å². The van der Waals surface area contributed by atoms with Gasteiger partial charge in [-0.3, -0.25) is 20.4 Å². The van der Waals surface area contributed by atoms with Crippen LogP contribution in [0.1, 0.15) is 32.6 Å². The first-order valence-corrected chi connectivity index (χ1v) is 7.74. The van der Waals surface area contributed by atoms with Crippen LogP contribution in [0.15, 0.2) is 29.8 Å². The molecule has 3 rings (SSSR count). The largest absolute Gasteiger partial charge is 0.363 e. The minimum atomic E-state index is -0.701. The molecule has 2 aromatic rings. The average molecular weight is 317 g/mol. The number of nitrogens with zero attached hydrogens (tertiary/aromatic N) is 1. The van der Waals surface area contributed by atoms with Gasteiger partial charge in [0.25, 0.3) is 11.8 Å². The maximum Gasteiger partial charge on any atom is 0.281 e. The molecular weight excluding hydrogens is 302 g/mol. The summed E-state index contributed by atoms with van der Waals surface area (Å²) in [4.78, 5) is 28.7. The van der Waals surface area contributed by atoms with Crippen LogP contribution in [-0.2, 0) is 16.0 Å². The van der Waals surface area contributed by atoms with Gasteiger partial charge in [0.2, 0.25) is 0 Å². The Labute approximate surface area is 131 Å². The maximum absolute atomic E-state index is 12.3. The molecule has 1 aliphatic heterocycles. The van der Waals surface area contributed by atoms with Crippen LogP contribution in [0.5, 0.6) is 0 Å². The number of benzene rings is 1. The number of aromatic nitrogens is 1. The van der Waals surface area contributed by atoms with Crippen molar-refractivity contribution >= 4 is 23.2 Å². The van der Waals surface area contributed by atoms with E-state index in [1.54, 1.807) is 12.4 Å². The number of carbonyl (C=O) groups excluding carboxylic acids is 2. The summed E-state index contributed by atoms with van der Waals surface area (Å²) in [6, 6.07) is 7.66. The van der Waals surface area contributed by atoms with Crippen molar-refractivity contribution in [3.8, 4) is 0 Å². The molecule has 22 heavy (non-hydrogen) atoms. The number of hydrogen-bond donors (Lipinski definition) is 2. The third-order valence-corrected chi connectivity index (χ3v) is 4.41. The Bertz CT molecular complexity index is 714. The number of carbonyl (C=O) groups is 2. The lowest BCUT2D eigenvalue weighted by atomic mass is 9.97. The molecule has 1 atom stereocenters. The van der Waals surface area contributed by atoms with Gasteiger partial charge in [0.05, 0.1) is 17.8 Å². The van der Waals surface area contributed by atoms with Crippen molar-refractivity contribution in [3.63, 3.8) is 0 Å². The molecule has 0 unspecified atom stereocenters. The van der Waals surface area contributed by atoms with Crippen LogP contribution >= 0.6 is 11.3 Å². The van der Waals surface area contributed by atoms with Gasteiger partial charge >= 0.3 is 0 Å². The highest BCUT2D eigenvalue weighted by molar-refractivity contribution is 7.11. The molecule has 0 radical (unpaired) electrons. The number of aryl methyl sites for hydroxylation is 1. The van der Waals surface area contributed by atoms with Gasteiger partial charge in [-0.1, -0.05) is 24.3 Å². The van der Waals surface area contributed by atoms with Crippen molar-refractivity contribution in [1.29, 1.82) is 0 Å². The van der Waals surface area contributed by atoms with Crippen LogP contribution < -0.4 is 10.9 Å². The Morgan fingerprint density at radius 3 is 2.91 bits per heavy atom. The number of thiazole rings is 1. The van der Waals surface area contributed by atoms with E-state index in [-0.39, 0.29) is 11.8 Å². The molecule has 1 aliphatic rings. The monoisotopic (exact) mass is 317 g/mol. The molecule has 0 spiro atoms. The number of nitrogens with one attached hydrogen (secondary N) is 2. The predicted octanol–water partition coefficient (Wildman–Crippen LogP) is 1.53. The van der Waals surface area contributed by atoms with Crippen LogP contribution in [0.2, 0.25) is 0 Å². The lowest BCUT2D eigenvalue weighted by Crippen LogP contribution is -2.45. The van der Waals surface area contributed by atoms with Gasteiger partial charge in [0.15, 0.2) is 6.10 Å². The summed E-state index contributed by atoms with van der Waals surface area (Å²) < 4.78 is 5.54. The Hall–Kier alpha value is -2.25. The Morgan fingerprint density at radius 2 is 2.14 bits per heavy atom. The van der Waals surface area contributed by atoms with Gasteiger partial charge in [0, 0.05) is 0 Å². The van der Waals surface area contributed by atoms with Gasteiger partial charge in [-0.05, 0) is 24.5 Å². The molecule has 0 saturated carbocycles. The average Bonchev–Trinajstić information content (AvgIpc) is 2.98. The van der Waals surface area contributed by atoms with Crippen LogP contribution in [-0.4, -0.2) is 23.4 Å². The van der Waals surface area contributed by atoms with Gasteiger partial charge in [-0.15, -0.1) is 11.3 Å². The lowest BCUT2D eigenvalue weighted by Gasteiger charge is -2.25. The Kier molecular flexibility index (Phi) is 4.17. The normalized spacial score (nSPS) is 16.7. The quantitative estimate of drug-likeness (QED) is 0.823. The van der Waals surface area contributed by atoms with Gasteiger partial charge in [0.1, 0.15) is 4.88 Å². The topological polar surface area (TPSA) is 80.3 Å². The fraction of sp³-hybridized carbons (Fsp3) is 0.267. The van der Waals surface area contributed by atoms with Crippen LogP contribution in [0.4, 0.5) is 0 Å². The Morgan fingerprint density at radius 1 is 1.32 bits per heavy atom. The number of hydrazine groups is 1. The highest BCUT2D eigenvalue weighted by Crippen LogP contribution is 2.26. The molecule has 6 nitrogen and oxygen atoms in total. The van der Waals surface area contributed by atoms with Crippen molar-refractivity contribution in [2.24, 2.45) is 0 Å². The van der Waals surface area contributed by atoms with Crippen molar-refractivity contribution in [1.82, 2.24) is 15.8 Å². The van der Waals surface area contributed by atoms with Crippen LogP contribution in [0.3, 0.4) is 0 Å². The first-order chi connectivity index (χ1) is 10.7. The number of amides is 2. The molecule has 0 aliphatic carbocycles. The number of rotatable bonds is 2. The lowest BCUT2D eigenvalue weighted by molar-refractivity contribution is -0.134. The van der Waals surface area contributed by atoms with Crippen molar-refractivity contribution < 1.29 is 14.3 Å². The van der Waals surface area contributed by atoms with Gasteiger partial charge < -0.3 is 4.74 Å². The van der Waals surface area contributed by atoms with E-state index in [9.17, 15) is 9.59 Å². The van der Waals surface area contributed by atoms with E-state index in [0.29, 0.717) is 17.2 Å². The zero-order chi connectivity index (χ0) is 15.5. The van der Waals surface area contributed by atoms with E-state index >= 15 is 0 Å². The molecular formula is C15H15N3O3S. The number of hydrogen-bond acceptors (Lipinski definition) is 5. The minimum absolute atomic E-state index is 0.377. The fourth-order valence-electron chi connectivity index (χ4n) is 2.37. The first kappa shape index (κ1) is 14.7. The van der Waals surface area contributed by atoms with Crippen molar-refractivity contribution in [2.75, 3.05) is 6.61 Å². The van der Waals surface area contributed by atoms with Gasteiger partial charge in [-0.2, -0.15) is 0 Å². The fourth-order valence-corrected chi connectivity index (χ4v) is 3.07. The summed E-state index contributed by atoms with van der Waals surface area (Å²) in [5.41, 5.74) is 8.99. The van der Waals surface area contributed by atoms with E-state index in [4.69, 9.17) is 4.74 Å². The number of fused-ring (bicyclic) bond motifs is 1. The minimum Gasteiger partial charge on any atom is -0.363 e. The third kappa shape index (κ3) is 2.86. The van der Waals surface area contributed by atoms with E-state index < -0.39 is 6.10 Å². The number of ether oxygens (including phenoxy) is 1. The maximum atomic E-state index is 12.3. The molecule has 1 aromatic carbocycles. The molecule has 0 bridgehead atoms. The first-order valence-electron chi connectivity index (χ1n) is 6.86. The summed E-state index contributed by atoms with van der Waals surface area (Å²) in [6.45, 7) is 2.23. The van der Waals surface area contributed by atoms with Crippen LogP contribution in [0.25, 0.3) is 0 Å². The molecule has 114 valence electrons. The third-order valence-electron chi connectivity index (χ3n) is 3.48. The molecule has 1 aromatic heterocycles. The second kappa shape index (κ2) is 6.25. The summed E-state index contributed by atoms with van der Waals surface area (Å²) in [5.74, 6) is -0.764. The van der Waals surface area contributed by atoms with Gasteiger partial charge in [-0.25, -0.2) is 4.98 Å². The summed E-state index contributed by atoms with van der Waals surface area (Å²) >= 11 is 1.23. The van der Waals surface area contributed by atoms with Crippen LogP contribution in [0, 0.1) is 6.92 Å². The zero-order valence-corrected chi connectivity index (χ0v) is 12.8. The SMILES string of the molecule is Cc1ncsc1C(=O)NNC(=O)[C@@H]1OCCc2ccccc21. The highest BCUT2D eigenvalue weighted by Gasteiger charge is 2.27. The molecule has 7 heteroatoms. The molecule has 2 heterocycles. The summed E-state index contributed by atoms with van der Waals surface area (Å²) in [5, 5.41) is 0. The molecule has 2 N–H and O–H groups in total. The molecule has 2 amide bonds. The highest BCUT2D eigenvalue weighted by atomic mass is 32.1. The van der Waals surface area contributed by atoms with E-state index in [1.807, 2.05) is 24.3 Å².